The lowest BCUT2D eigenvalue weighted by Gasteiger charge is -2.32. The van der Waals surface area contributed by atoms with Crippen LogP contribution in [0.25, 0.3) is 44.2 Å². The molecule has 0 saturated carbocycles. The number of carbonyl (C=O) groups is 4. The average molecular weight is 833 g/mol. The number of carbonyl (C=O) groups excluding carboxylic acids is 4. The maximum Gasteiger partial charge on any atom is 0.407 e. The lowest BCUT2D eigenvalue weighted by molar-refractivity contribution is -0.137. The van der Waals surface area contributed by atoms with Gasteiger partial charge in [-0.15, -0.1) is 0 Å². The molecule has 0 bridgehead atoms. The van der Waals surface area contributed by atoms with E-state index in [0.29, 0.717) is 24.9 Å². The average Bonchev–Trinajstić information content (AvgIpc) is 4.08. The van der Waals surface area contributed by atoms with Crippen molar-refractivity contribution >= 4 is 45.8 Å². The second-order valence-corrected chi connectivity index (χ2v) is 17.4. The number of fused-ring (bicyclic) bond motifs is 6. The summed E-state index contributed by atoms with van der Waals surface area (Å²) in [6, 6.07) is 12.7. The molecular formula is C46H56N8O7. The molecule has 8 rings (SSSR count). The first-order chi connectivity index (χ1) is 29.3. The maximum absolute atomic E-state index is 14.0. The summed E-state index contributed by atoms with van der Waals surface area (Å²) in [4.78, 5) is 72.8. The van der Waals surface area contributed by atoms with Crippen molar-refractivity contribution in [3.05, 3.63) is 65.9 Å². The van der Waals surface area contributed by atoms with Crippen molar-refractivity contribution < 1.29 is 33.4 Å². The topological polar surface area (TPSA) is 184 Å². The number of amides is 4. The van der Waals surface area contributed by atoms with Gasteiger partial charge in [-0.2, -0.15) is 0 Å². The van der Waals surface area contributed by atoms with Crippen LogP contribution in [0.3, 0.4) is 0 Å². The Morgan fingerprint density at radius 3 is 2.28 bits per heavy atom. The van der Waals surface area contributed by atoms with Gasteiger partial charge in [0.25, 0.3) is 0 Å². The molecule has 2 fully saturated rings. The van der Waals surface area contributed by atoms with E-state index in [9.17, 15) is 19.2 Å². The van der Waals surface area contributed by atoms with Crippen LogP contribution in [-0.2, 0) is 25.7 Å². The Kier molecular flexibility index (Phi) is 11.4. The standard InChI is InChI=1S/C46H56N8O7/c1-9-26-16-36(53(21-26)43(55)38(23(2)3)51-45(57)59-7)41-47-20-34(49-41)28-11-13-30-29(17-28)22-61-37-19-31-27(18-32(30)37)12-14-33-40(31)50-42(48-33)35-15-10-25(6)54(35)44(56)39(24(4)5)52-46(58)60-8/h11-14,17-20,23-26,35-36,38-39H,9-10,15-16,21-22H2,1-8H3,(H,47,49)(H,48,50)(H,51,57)(H,52,58)/t25-,26-,35-,36-,38-,39-/m0/s1. The van der Waals surface area contributed by atoms with E-state index in [2.05, 4.69) is 63.9 Å². The summed E-state index contributed by atoms with van der Waals surface area (Å²) in [6.07, 6.45) is 3.83. The number of aromatic nitrogens is 4. The lowest BCUT2D eigenvalue weighted by atomic mass is 9.92. The van der Waals surface area contributed by atoms with Gasteiger partial charge in [-0.05, 0) is 90.3 Å². The Labute approximate surface area is 355 Å². The van der Waals surface area contributed by atoms with E-state index < -0.39 is 24.3 Å². The molecule has 2 saturated heterocycles. The van der Waals surface area contributed by atoms with Crippen LogP contribution >= 0.6 is 0 Å². The highest BCUT2D eigenvalue weighted by Gasteiger charge is 2.42. The Morgan fingerprint density at radius 2 is 1.59 bits per heavy atom. The summed E-state index contributed by atoms with van der Waals surface area (Å²) in [7, 11) is 2.59. The van der Waals surface area contributed by atoms with Gasteiger partial charge in [0.1, 0.15) is 36.1 Å². The molecule has 5 aromatic rings. The molecule has 15 nitrogen and oxygen atoms in total. The zero-order chi connectivity index (χ0) is 43.3. The van der Waals surface area contributed by atoms with Gasteiger partial charge in [0.2, 0.25) is 11.8 Å². The zero-order valence-corrected chi connectivity index (χ0v) is 36.1. The number of benzene rings is 3. The summed E-state index contributed by atoms with van der Waals surface area (Å²) in [5, 5.41) is 7.48. The molecule has 3 aromatic carbocycles. The number of likely N-dealkylation sites (tertiary alicyclic amines) is 2. The van der Waals surface area contributed by atoms with Crippen LogP contribution < -0.4 is 15.4 Å². The van der Waals surface area contributed by atoms with E-state index in [1.165, 1.54) is 14.2 Å². The number of methoxy groups -OCH3 is 2. The highest BCUT2D eigenvalue weighted by atomic mass is 16.5. The maximum atomic E-state index is 14.0. The van der Waals surface area contributed by atoms with E-state index in [-0.39, 0.29) is 41.8 Å². The second-order valence-electron chi connectivity index (χ2n) is 17.4. The third-order valence-electron chi connectivity index (χ3n) is 12.9. The Morgan fingerprint density at radius 1 is 0.869 bits per heavy atom. The third kappa shape index (κ3) is 7.74. The van der Waals surface area contributed by atoms with Crippen LogP contribution in [0.4, 0.5) is 9.59 Å². The Bertz CT molecular complexity index is 2490. The van der Waals surface area contributed by atoms with Crippen LogP contribution in [0.1, 0.15) is 96.5 Å². The largest absolute Gasteiger partial charge is 0.488 e. The monoisotopic (exact) mass is 832 g/mol. The van der Waals surface area contributed by atoms with E-state index in [1.807, 2.05) is 56.7 Å². The summed E-state index contributed by atoms with van der Waals surface area (Å²) in [5.74, 6) is 1.97. The van der Waals surface area contributed by atoms with Gasteiger partial charge >= 0.3 is 12.2 Å². The third-order valence-corrected chi connectivity index (χ3v) is 12.9. The first-order valence-electron chi connectivity index (χ1n) is 21.4. The fraction of sp³-hybridized carbons (Fsp3) is 0.478. The number of imidazole rings is 2. The molecule has 5 heterocycles. The molecule has 0 spiro atoms. The number of nitrogens with one attached hydrogen (secondary N) is 4. The van der Waals surface area contributed by atoms with Gasteiger partial charge in [-0.3, -0.25) is 9.59 Å². The van der Waals surface area contributed by atoms with E-state index in [0.717, 1.165) is 87.0 Å². The lowest BCUT2D eigenvalue weighted by Crippen LogP contribution is -2.52. The highest BCUT2D eigenvalue weighted by Crippen LogP contribution is 2.44. The molecule has 61 heavy (non-hydrogen) atoms. The Balaban J connectivity index is 1.05. The summed E-state index contributed by atoms with van der Waals surface area (Å²) >= 11 is 0. The van der Waals surface area contributed by atoms with Gasteiger partial charge in [0.15, 0.2) is 0 Å². The van der Waals surface area contributed by atoms with Crippen molar-refractivity contribution in [2.45, 2.75) is 104 Å². The summed E-state index contributed by atoms with van der Waals surface area (Å²) < 4.78 is 16.1. The number of alkyl carbamates (subject to hydrolysis) is 2. The van der Waals surface area contributed by atoms with Crippen molar-refractivity contribution in [2.75, 3.05) is 20.8 Å². The Hall–Kier alpha value is -6.12. The fourth-order valence-corrected chi connectivity index (χ4v) is 9.37. The first kappa shape index (κ1) is 41.6. The van der Waals surface area contributed by atoms with Gasteiger partial charge in [-0.1, -0.05) is 59.2 Å². The summed E-state index contributed by atoms with van der Waals surface area (Å²) in [6.45, 7) is 12.8. The minimum atomic E-state index is -0.726. The second kappa shape index (κ2) is 16.7. The van der Waals surface area contributed by atoms with Crippen molar-refractivity contribution in [3.8, 4) is 28.1 Å². The number of H-pyrrole nitrogens is 2. The van der Waals surface area contributed by atoms with Crippen LogP contribution in [0.5, 0.6) is 5.75 Å². The predicted octanol–water partition coefficient (Wildman–Crippen LogP) is 7.78. The van der Waals surface area contributed by atoms with E-state index in [1.54, 1.807) is 0 Å². The van der Waals surface area contributed by atoms with Gasteiger partial charge in [-0.25, -0.2) is 19.6 Å². The molecule has 4 amide bonds. The van der Waals surface area contributed by atoms with Crippen molar-refractivity contribution in [1.29, 1.82) is 0 Å². The molecule has 15 heteroatoms. The van der Waals surface area contributed by atoms with Crippen LogP contribution in [-0.4, -0.2) is 92.6 Å². The van der Waals surface area contributed by atoms with Gasteiger partial charge < -0.3 is 44.6 Å². The molecule has 0 radical (unpaired) electrons. The molecule has 322 valence electrons. The molecular weight excluding hydrogens is 777 g/mol. The normalized spacial score (nSPS) is 20.7. The fourth-order valence-electron chi connectivity index (χ4n) is 9.37. The molecule has 0 aliphatic carbocycles. The molecule has 3 aliphatic heterocycles. The van der Waals surface area contributed by atoms with Gasteiger partial charge in [0.05, 0.1) is 49.2 Å². The van der Waals surface area contributed by atoms with Crippen LogP contribution in [0.2, 0.25) is 0 Å². The zero-order valence-electron chi connectivity index (χ0n) is 36.1. The SMILES string of the molecule is CC[C@H]1C[C@@H](c2ncc(-c3ccc4c(c3)COc3cc5c(ccc6nc([C@@H]7CC[C@H](C)N7C(=O)[C@@H](NC(=O)OC)C(C)C)[nH]c65)cc3-4)[nH]2)N(C(=O)[C@@H](NC(=O)OC)C(C)C)C1. The summed E-state index contributed by atoms with van der Waals surface area (Å²) in [5.41, 5.74) is 6.61. The van der Waals surface area contributed by atoms with Crippen LogP contribution in [0.15, 0.2) is 48.7 Å². The minimum absolute atomic E-state index is 0.0257. The molecule has 3 aliphatic rings. The number of nitrogens with zero attached hydrogens (tertiary/aromatic N) is 4. The number of ether oxygens (including phenoxy) is 3. The minimum Gasteiger partial charge on any atom is -0.488 e. The number of aromatic amines is 2. The number of hydrogen-bond acceptors (Lipinski definition) is 9. The first-order valence-corrected chi connectivity index (χ1v) is 21.4. The number of hydrogen-bond donors (Lipinski definition) is 4. The smallest absolute Gasteiger partial charge is 0.407 e. The molecule has 0 unspecified atom stereocenters. The van der Waals surface area contributed by atoms with Crippen molar-refractivity contribution in [1.82, 2.24) is 40.4 Å². The van der Waals surface area contributed by atoms with Crippen molar-refractivity contribution in [2.24, 2.45) is 17.8 Å². The predicted molar refractivity (Wildman–Crippen MR) is 230 cm³/mol. The number of rotatable bonds is 10. The quantitative estimate of drug-likeness (QED) is 0.109. The van der Waals surface area contributed by atoms with E-state index >= 15 is 0 Å². The van der Waals surface area contributed by atoms with Gasteiger partial charge in [0, 0.05) is 23.5 Å². The van der Waals surface area contributed by atoms with E-state index in [4.69, 9.17) is 24.2 Å². The van der Waals surface area contributed by atoms with Crippen molar-refractivity contribution in [3.63, 3.8) is 0 Å². The van der Waals surface area contributed by atoms with Crippen LogP contribution in [0, 0.1) is 17.8 Å². The molecule has 6 atom stereocenters. The highest BCUT2D eigenvalue weighted by molar-refractivity contribution is 6.07. The molecule has 2 aromatic heterocycles. The molecule has 4 N–H and O–H groups in total.